The van der Waals surface area contributed by atoms with Crippen molar-refractivity contribution in [1.29, 1.82) is 5.41 Å². The fourth-order valence-corrected chi connectivity index (χ4v) is 2.66. The number of aromatic nitrogens is 2. The van der Waals surface area contributed by atoms with E-state index in [4.69, 9.17) is 10.1 Å². The van der Waals surface area contributed by atoms with E-state index in [2.05, 4.69) is 15.9 Å². The van der Waals surface area contributed by atoms with Gasteiger partial charge in [0.25, 0.3) is 0 Å². The maximum Gasteiger partial charge on any atom is 0.202 e. The lowest BCUT2D eigenvalue weighted by Crippen LogP contribution is -2.24. The van der Waals surface area contributed by atoms with Crippen LogP contribution >= 0.6 is 15.9 Å². The lowest BCUT2D eigenvalue weighted by Gasteiger charge is -2.07. The van der Waals surface area contributed by atoms with Crippen LogP contribution in [0.5, 0.6) is 5.75 Å². The Morgan fingerprint density at radius 1 is 1.05 bits per heavy atom. The minimum absolute atomic E-state index is 0.482. The number of aryl methyl sites for hydroxylation is 1. The highest BCUT2D eigenvalue weighted by molar-refractivity contribution is 9.10. The predicted octanol–water partition coefficient (Wildman–Crippen LogP) is 3.30. The van der Waals surface area contributed by atoms with Gasteiger partial charge in [-0.15, -0.1) is 0 Å². The van der Waals surface area contributed by atoms with E-state index in [0.29, 0.717) is 18.8 Å². The molecular weight excluding hydrogens is 330 g/mol. The summed E-state index contributed by atoms with van der Waals surface area (Å²) in [5.41, 5.74) is 2.60. The second kappa shape index (κ2) is 5.77. The van der Waals surface area contributed by atoms with Gasteiger partial charge in [0.2, 0.25) is 5.62 Å². The van der Waals surface area contributed by atoms with E-state index in [0.717, 1.165) is 21.3 Å². The number of nitrogens with one attached hydrogen (secondary N) is 1. The lowest BCUT2D eigenvalue weighted by molar-refractivity contribution is 0.297. The average molecular weight is 346 g/mol. The molecule has 1 heterocycles. The summed E-state index contributed by atoms with van der Waals surface area (Å²) in [6, 6.07) is 15.8. The molecule has 4 nitrogen and oxygen atoms in total. The van der Waals surface area contributed by atoms with Crippen LogP contribution in [0.3, 0.4) is 0 Å². The van der Waals surface area contributed by atoms with Crippen molar-refractivity contribution >= 4 is 27.0 Å². The highest BCUT2D eigenvalue weighted by Gasteiger charge is 2.07. The van der Waals surface area contributed by atoms with Crippen LogP contribution in [0.4, 0.5) is 0 Å². The molecule has 0 spiro atoms. The summed E-state index contributed by atoms with van der Waals surface area (Å²) in [6.07, 6.45) is 0. The van der Waals surface area contributed by atoms with Crippen LogP contribution in [0.1, 0.15) is 0 Å². The van der Waals surface area contributed by atoms with Crippen molar-refractivity contribution in [1.82, 2.24) is 9.13 Å². The van der Waals surface area contributed by atoms with Gasteiger partial charge in [0.15, 0.2) is 0 Å². The minimum atomic E-state index is 0.482. The minimum Gasteiger partial charge on any atom is -0.492 e. The lowest BCUT2D eigenvalue weighted by atomic mass is 10.3. The predicted molar refractivity (Wildman–Crippen MR) is 86.4 cm³/mol. The van der Waals surface area contributed by atoms with Crippen LogP contribution in [0.25, 0.3) is 11.0 Å². The zero-order valence-corrected chi connectivity index (χ0v) is 13.3. The number of fused-ring (bicyclic) bond motifs is 1. The van der Waals surface area contributed by atoms with Crippen molar-refractivity contribution in [3.8, 4) is 5.75 Å². The molecular formula is C16H16BrN3O. The summed E-state index contributed by atoms with van der Waals surface area (Å²) >= 11 is 3.40. The molecule has 0 aliphatic heterocycles. The third-order valence-electron chi connectivity index (χ3n) is 3.50. The third kappa shape index (κ3) is 2.74. The molecule has 0 unspecified atom stereocenters. The Morgan fingerprint density at radius 3 is 2.43 bits per heavy atom. The van der Waals surface area contributed by atoms with Gasteiger partial charge in [0, 0.05) is 11.5 Å². The van der Waals surface area contributed by atoms with Gasteiger partial charge in [0.05, 0.1) is 17.6 Å². The van der Waals surface area contributed by atoms with E-state index in [1.54, 1.807) is 0 Å². The second-order valence-electron chi connectivity index (χ2n) is 4.83. The Balaban J connectivity index is 1.78. The first-order chi connectivity index (χ1) is 10.2. The first-order valence-electron chi connectivity index (χ1n) is 6.74. The van der Waals surface area contributed by atoms with E-state index in [1.165, 1.54) is 0 Å². The van der Waals surface area contributed by atoms with Crippen LogP contribution in [0.2, 0.25) is 0 Å². The van der Waals surface area contributed by atoms with Crippen LogP contribution in [0, 0.1) is 5.41 Å². The molecule has 3 rings (SSSR count). The number of halogens is 1. The number of imidazole rings is 1. The molecule has 5 heteroatoms. The Bertz CT molecular complexity index is 818. The highest BCUT2D eigenvalue weighted by Crippen LogP contribution is 2.16. The molecule has 21 heavy (non-hydrogen) atoms. The maximum atomic E-state index is 8.20. The molecule has 3 aromatic rings. The molecule has 0 atom stereocenters. The van der Waals surface area contributed by atoms with Gasteiger partial charge in [0.1, 0.15) is 12.4 Å². The van der Waals surface area contributed by atoms with Gasteiger partial charge in [-0.05, 0) is 36.4 Å². The molecule has 108 valence electrons. The van der Waals surface area contributed by atoms with Crippen molar-refractivity contribution in [3.05, 3.63) is 58.6 Å². The van der Waals surface area contributed by atoms with E-state index >= 15 is 0 Å². The molecule has 0 aliphatic rings. The Hall–Kier alpha value is -2.01. The number of ether oxygens (including phenoxy) is 1. The number of benzene rings is 2. The van der Waals surface area contributed by atoms with Crippen molar-refractivity contribution in [2.24, 2.45) is 7.05 Å². The highest BCUT2D eigenvalue weighted by atomic mass is 79.9. The van der Waals surface area contributed by atoms with Gasteiger partial charge in [-0.25, -0.2) is 0 Å². The molecule has 0 bridgehead atoms. The standard InChI is InChI=1S/C16H16BrN3O/c1-19-14-4-2-3-5-15(14)20(16(19)18)10-11-21-13-8-6-12(17)7-9-13/h2-9,18H,10-11H2,1H3. The molecule has 1 aromatic heterocycles. The van der Waals surface area contributed by atoms with E-state index in [-0.39, 0.29) is 0 Å². The summed E-state index contributed by atoms with van der Waals surface area (Å²) < 4.78 is 10.6. The summed E-state index contributed by atoms with van der Waals surface area (Å²) in [4.78, 5) is 0. The van der Waals surface area contributed by atoms with Crippen LogP contribution < -0.4 is 10.4 Å². The normalized spacial score (nSPS) is 11.0. The van der Waals surface area contributed by atoms with Crippen LogP contribution in [-0.2, 0) is 13.6 Å². The third-order valence-corrected chi connectivity index (χ3v) is 4.03. The molecule has 0 fully saturated rings. The fraction of sp³-hybridized carbons (Fsp3) is 0.188. The summed E-state index contributed by atoms with van der Waals surface area (Å²) in [6.45, 7) is 1.18. The first kappa shape index (κ1) is 13.9. The molecule has 0 aliphatic carbocycles. The molecule has 1 N–H and O–H groups in total. The Labute approximate surface area is 131 Å². The largest absolute Gasteiger partial charge is 0.492 e. The summed E-state index contributed by atoms with van der Waals surface area (Å²) in [7, 11) is 1.91. The number of hydrogen-bond donors (Lipinski definition) is 1. The van der Waals surface area contributed by atoms with Crippen molar-refractivity contribution < 1.29 is 4.74 Å². The van der Waals surface area contributed by atoms with Gasteiger partial charge in [-0.3, -0.25) is 5.41 Å². The molecule has 0 saturated heterocycles. The monoisotopic (exact) mass is 345 g/mol. The SMILES string of the molecule is Cn1c(=N)n(CCOc2ccc(Br)cc2)c2ccccc21. The molecule has 2 aromatic carbocycles. The smallest absolute Gasteiger partial charge is 0.202 e. The first-order valence-corrected chi connectivity index (χ1v) is 7.53. The maximum absolute atomic E-state index is 8.20. The topological polar surface area (TPSA) is 42.9 Å². The quantitative estimate of drug-likeness (QED) is 0.774. The Morgan fingerprint density at radius 2 is 1.71 bits per heavy atom. The number of nitrogens with zero attached hydrogens (tertiary/aromatic N) is 2. The van der Waals surface area contributed by atoms with Gasteiger partial charge in [-0.1, -0.05) is 28.1 Å². The van der Waals surface area contributed by atoms with E-state index in [1.807, 2.05) is 64.7 Å². The average Bonchev–Trinajstić information content (AvgIpc) is 2.75. The fourth-order valence-electron chi connectivity index (χ4n) is 2.40. The van der Waals surface area contributed by atoms with Gasteiger partial charge < -0.3 is 13.9 Å². The number of para-hydroxylation sites is 2. The van der Waals surface area contributed by atoms with Crippen molar-refractivity contribution in [2.45, 2.75) is 6.54 Å². The number of hydrogen-bond acceptors (Lipinski definition) is 2. The van der Waals surface area contributed by atoms with Crippen LogP contribution in [-0.4, -0.2) is 15.7 Å². The van der Waals surface area contributed by atoms with E-state index < -0.39 is 0 Å². The van der Waals surface area contributed by atoms with Crippen LogP contribution in [0.15, 0.2) is 53.0 Å². The summed E-state index contributed by atoms with van der Waals surface area (Å²) in [5, 5.41) is 8.20. The molecule has 0 saturated carbocycles. The zero-order valence-electron chi connectivity index (χ0n) is 11.7. The van der Waals surface area contributed by atoms with Gasteiger partial charge >= 0.3 is 0 Å². The van der Waals surface area contributed by atoms with Gasteiger partial charge in [-0.2, -0.15) is 0 Å². The zero-order chi connectivity index (χ0) is 14.8. The molecule has 0 amide bonds. The Kier molecular flexibility index (Phi) is 3.84. The van der Waals surface area contributed by atoms with Crippen molar-refractivity contribution in [2.75, 3.05) is 6.61 Å². The van der Waals surface area contributed by atoms with E-state index in [9.17, 15) is 0 Å². The van der Waals surface area contributed by atoms with Crippen molar-refractivity contribution in [3.63, 3.8) is 0 Å². The summed E-state index contributed by atoms with van der Waals surface area (Å²) in [5.74, 6) is 0.838. The second-order valence-corrected chi connectivity index (χ2v) is 5.74. The molecule has 0 radical (unpaired) electrons. The number of rotatable bonds is 4.